The molecule has 0 aromatic heterocycles. The molecule has 1 saturated carbocycles. The highest BCUT2D eigenvalue weighted by atomic mass is 32.1. The zero-order valence-electron chi connectivity index (χ0n) is 12.0. The van der Waals surface area contributed by atoms with Crippen molar-refractivity contribution in [2.75, 3.05) is 0 Å². The Morgan fingerprint density at radius 1 is 1.33 bits per heavy atom. The predicted molar refractivity (Wildman–Crippen MR) is 87.7 cm³/mol. The zero-order valence-corrected chi connectivity index (χ0v) is 12.9. The number of nitrogens with zero attached hydrogens (tertiary/aromatic N) is 1. The SMILES string of the molecule is C[C@H]1CCCC[C@H]1NC(=S)N/N=C/c1ccc(O)cc1O. The van der Waals surface area contributed by atoms with Gasteiger partial charge in [0.2, 0.25) is 0 Å². The molecule has 1 aliphatic carbocycles. The van der Waals surface area contributed by atoms with Crippen molar-refractivity contribution in [2.24, 2.45) is 11.0 Å². The number of aromatic hydroxyl groups is 2. The highest BCUT2D eigenvalue weighted by Gasteiger charge is 2.21. The molecule has 2 rings (SSSR count). The number of nitrogens with one attached hydrogen (secondary N) is 2. The highest BCUT2D eigenvalue weighted by Crippen LogP contribution is 2.23. The van der Waals surface area contributed by atoms with Crippen LogP contribution < -0.4 is 10.7 Å². The molecule has 1 fully saturated rings. The van der Waals surface area contributed by atoms with E-state index in [0.717, 1.165) is 6.42 Å². The van der Waals surface area contributed by atoms with E-state index in [0.29, 0.717) is 22.6 Å². The number of thiocarbonyl (C=S) groups is 1. The summed E-state index contributed by atoms with van der Waals surface area (Å²) in [5.74, 6) is 0.602. The first kappa shape index (κ1) is 15.6. The number of hydrazone groups is 1. The summed E-state index contributed by atoms with van der Waals surface area (Å²) in [4.78, 5) is 0. The van der Waals surface area contributed by atoms with Gasteiger partial charge in [0.1, 0.15) is 11.5 Å². The number of rotatable bonds is 3. The van der Waals surface area contributed by atoms with E-state index in [9.17, 15) is 10.2 Å². The lowest BCUT2D eigenvalue weighted by atomic mass is 9.86. The zero-order chi connectivity index (χ0) is 15.2. The number of hydrogen-bond donors (Lipinski definition) is 4. The lowest BCUT2D eigenvalue weighted by Gasteiger charge is -2.30. The van der Waals surface area contributed by atoms with Crippen LogP contribution in [-0.4, -0.2) is 27.6 Å². The van der Waals surface area contributed by atoms with Crippen LogP contribution in [0, 0.1) is 5.92 Å². The summed E-state index contributed by atoms with van der Waals surface area (Å²) in [6, 6.07) is 4.73. The number of phenols is 2. The summed E-state index contributed by atoms with van der Waals surface area (Å²) in [5, 5.41) is 26.6. The first-order chi connectivity index (χ1) is 10.1. The Bertz CT molecular complexity index is 534. The minimum Gasteiger partial charge on any atom is -0.508 e. The van der Waals surface area contributed by atoms with Gasteiger partial charge in [-0.25, -0.2) is 0 Å². The maximum atomic E-state index is 9.62. The van der Waals surface area contributed by atoms with Crippen molar-refractivity contribution in [3.63, 3.8) is 0 Å². The molecule has 4 N–H and O–H groups in total. The maximum Gasteiger partial charge on any atom is 0.187 e. The summed E-state index contributed by atoms with van der Waals surface area (Å²) in [5.41, 5.74) is 3.27. The second-order valence-corrected chi connectivity index (χ2v) is 5.86. The smallest absolute Gasteiger partial charge is 0.187 e. The summed E-state index contributed by atoms with van der Waals surface area (Å²) in [6.45, 7) is 2.23. The van der Waals surface area contributed by atoms with E-state index in [1.54, 1.807) is 6.07 Å². The first-order valence-corrected chi connectivity index (χ1v) is 7.58. The molecule has 114 valence electrons. The Morgan fingerprint density at radius 3 is 2.81 bits per heavy atom. The van der Waals surface area contributed by atoms with Crippen LogP contribution in [0.25, 0.3) is 0 Å². The molecule has 1 aromatic carbocycles. The van der Waals surface area contributed by atoms with Crippen LogP contribution in [0.5, 0.6) is 11.5 Å². The molecule has 0 unspecified atom stereocenters. The molecule has 0 heterocycles. The van der Waals surface area contributed by atoms with Crippen LogP contribution in [-0.2, 0) is 0 Å². The molecule has 5 nitrogen and oxygen atoms in total. The van der Waals surface area contributed by atoms with E-state index in [2.05, 4.69) is 22.8 Å². The summed E-state index contributed by atoms with van der Waals surface area (Å²) >= 11 is 5.22. The second-order valence-electron chi connectivity index (χ2n) is 5.45. The third-order valence-electron chi connectivity index (χ3n) is 3.81. The Kier molecular flexibility index (Phi) is 5.38. The van der Waals surface area contributed by atoms with Gasteiger partial charge in [0.05, 0.1) is 6.21 Å². The van der Waals surface area contributed by atoms with Crippen molar-refractivity contribution in [3.8, 4) is 11.5 Å². The van der Waals surface area contributed by atoms with Crippen molar-refractivity contribution < 1.29 is 10.2 Å². The second kappa shape index (κ2) is 7.26. The number of benzene rings is 1. The van der Waals surface area contributed by atoms with Gasteiger partial charge >= 0.3 is 0 Å². The first-order valence-electron chi connectivity index (χ1n) is 7.18. The van der Waals surface area contributed by atoms with E-state index in [4.69, 9.17) is 12.2 Å². The summed E-state index contributed by atoms with van der Waals surface area (Å²) < 4.78 is 0. The van der Waals surface area contributed by atoms with Gasteiger partial charge in [-0.1, -0.05) is 19.8 Å². The molecule has 0 aliphatic heterocycles. The molecule has 0 bridgehead atoms. The molecule has 6 heteroatoms. The lowest BCUT2D eigenvalue weighted by molar-refractivity contribution is 0.308. The lowest BCUT2D eigenvalue weighted by Crippen LogP contribution is -2.44. The van der Waals surface area contributed by atoms with E-state index in [1.165, 1.54) is 37.6 Å². The average Bonchev–Trinajstić information content (AvgIpc) is 2.44. The van der Waals surface area contributed by atoms with Crippen LogP contribution in [0.3, 0.4) is 0 Å². The Hall–Kier alpha value is -1.82. The van der Waals surface area contributed by atoms with Gasteiger partial charge in [-0.3, -0.25) is 5.43 Å². The van der Waals surface area contributed by atoms with Crippen molar-refractivity contribution in [2.45, 2.75) is 38.6 Å². The monoisotopic (exact) mass is 307 g/mol. The van der Waals surface area contributed by atoms with E-state index >= 15 is 0 Å². The largest absolute Gasteiger partial charge is 0.508 e. The van der Waals surface area contributed by atoms with Gasteiger partial charge in [-0.15, -0.1) is 0 Å². The Labute approximate surface area is 130 Å². The average molecular weight is 307 g/mol. The van der Waals surface area contributed by atoms with Gasteiger partial charge in [0.15, 0.2) is 5.11 Å². The van der Waals surface area contributed by atoms with Crippen LogP contribution in [0.4, 0.5) is 0 Å². The maximum absolute atomic E-state index is 9.62. The molecule has 2 atom stereocenters. The standard InChI is InChI=1S/C15H21N3O2S/c1-10-4-2-3-5-13(10)17-15(21)18-16-9-11-6-7-12(19)8-14(11)20/h6-10,13,19-20H,2-5H2,1H3,(H2,17,18,21)/b16-9+/t10-,13+/m0/s1. The third kappa shape index (κ3) is 4.60. The molecule has 0 radical (unpaired) electrons. The van der Waals surface area contributed by atoms with E-state index in [1.807, 2.05) is 0 Å². The van der Waals surface area contributed by atoms with Crippen molar-refractivity contribution in [1.82, 2.24) is 10.7 Å². The third-order valence-corrected chi connectivity index (χ3v) is 4.02. The molecule has 0 saturated heterocycles. The van der Waals surface area contributed by atoms with Crippen LogP contribution in [0.2, 0.25) is 0 Å². The van der Waals surface area contributed by atoms with Gasteiger partial charge in [0, 0.05) is 17.7 Å². The van der Waals surface area contributed by atoms with Gasteiger partial charge in [-0.05, 0) is 43.1 Å². The van der Waals surface area contributed by atoms with Crippen molar-refractivity contribution in [3.05, 3.63) is 23.8 Å². The van der Waals surface area contributed by atoms with Gasteiger partial charge in [0.25, 0.3) is 0 Å². The fourth-order valence-corrected chi connectivity index (χ4v) is 2.74. The minimum absolute atomic E-state index is 0.0149. The van der Waals surface area contributed by atoms with E-state index < -0.39 is 0 Å². The number of phenolic OH excluding ortho intramolecular Hbond substituents is 2. The quantitative estimate of drug-likeness (QED) is 0.392. The Morgan fingerprint density at radius 2 is 2.10 bits per heavy atom. The topological polar surface area (TPSA) is 76.9 Å². The summed E-state index contributed by atoms with van der Waals surface area (Å²) in [6.07, 6.45) is 6.34. The molecular formula is C15H21N3O2S. The normalized spacial score (nSPS) is 22.1. The van der Waals surface area contributed by atoms with Crippen molar-refractivity contribution >= 4 is 23.5 Å². The van der Waals surface area contributed by atoms with Crippen LogP contribution in [0.1, 0.15) is 38.2 Å². The predicted octanol–water partition coefficient (Wildman–Crippen LogP) is 2.47. The Balaban J connectivity index is 1.84. The van der Waals surface area contributed by atoms with Crippen molar-refractivity contribution in [1.29, 1.82) is 0 Å². The molecule has 21 heavy (non-hydrogen) atoms. The van der Waals surface area contributed by atoms with Crippen LogP contribution >= 0.6 is 12.2 Å². The van der Waals surface area contributed by atoms with Crippen LogP contribution in [0.15, 0.2) is 23.3 Å². The molecule has 0 spiro atoms. The molecule has 0 amide bonds. The summed E-state index contributed by atoms with van der Waals surface area (Å²) in [7, 11) is 0. The molecule has 1 aliphatic rings. The fourth-order valence-electron chi connectivity index (χ4n) is 2.53. The fraction of sp³-hybridized carbons (Fsp3) is 0.467. The number of hydrogen-bond acceptors (Lipinski definition) is 4. The molecule has 1 aromatic rings. The highest BCUT2D eigenvalue weighted by molar-refractivity contribution is 7.80. The minimum atomic E-state index is -0.0275. The van der Waals surface area contributed by atoms with Gasteiger partial charge < -0.3 is 15.5 Å². The molecular weight excluding hydrogens is 286 g/mol. The van der Waals surface area contributed by atoms with E-state index in [-0.39, 0.29) is 11.5 Å². The van der Waals surface area contributed by atoms with Gasteiger partial charge in [-0.2, -0.15) is 5.10 Å².